The van der Waals surface area contributed by atoms with Gasteiger partial charge in [0.25, 0.3) is 0 Å². The van der Waals surface area contributed by atoms with Crippen molar-refractivity contribution in [2.45, 2.75) is 26.3 Å². The summed E-state index contributed by atoms with van der Waals surface area (Å²) in [6.07, 6.45) is 2.70. The fourth-order valence-electron chi connectivity index (χ4n) is 1.23. The molecule has 0 spiro atoms. The van der Waals surface area contributed by atoms with E-state index in [-0.39, 0.29) is 6.04 Å². The Morgan fingerprint density at radius 1 is 1.47 bits per heavy atom. The molecule has 0 aliphatic carbocycles. The van der Waals surface area contributed by atoms with Crippen LogP contribution in [0.5, 0.6) is 0 Å². The lowest BCUT2D eigenvalue weighted by Crippen LogP contribution is -2.01. The van der Waals surface area contributed by atoms with E-state index in [1.807, 2.05) is 20.0 Å². The maximum atomic E-state index is 5.78. The average Bonchev–Trinajstić information content (AvgIpc) is 2.76. The van der Waals surface area contributed by atoms with Gasteiger partial charge in [-0.2, -0.15) is 0 Å². The van der Waals surface area contributed by atoms with E-state index in [0.717, 1.165) is 27.0 Å². The SMILES string of the molecule is Cc1csc(Cc2ncc(C(C)N)s2)n1. The zero-order chi connectivity index (χ0) is 10.8. The van der Waals surface area contributed by atoms with Gasteiger partial charge in [0.05, 0.1) is 16.4 Å². The van der Waals surface area contributed by atoms with E-state index in [9.17, 15) is 0 Å². The molecule has 0 bridgehead atoms. The molecule has 2 heterocycles. The van der Waals surface area contributed by atoms with Crippen LogP contribution in [-0.2, 0) is 6.42 Å². The summed E-state index contributed by atoms with van der Waals surface area (Å²) >= 11 is 3.36. The predicted molar refractivity (Wildman–Crippen MR) is 64.4 cm³/mol. The molecule has 0 aliphatic heterocycles. The highest BCUT2D eigenvalue weighted by atomic mass is 32.1. The highest BCUT2D eigenvalue weighted by Crippen LogP contribution is 2.22. The Labute approximate surface area is 97.0 Å². The van der Waals surface area contributed by atoms with Crippen LogP contribution in [0.15, 0.2) is 11.6 Å². The van der Waals surface area contributed by atoms with Crippen LogP contribution in [-0.4, -0.2) is 9.97 Å². The standard InChI is InChI=1S/C10H13N3S2/c1-6-5-14-10(13-6)3-9-12-4-8(15-9)7(2)11/h4-5,7H,3,11H2,1-2H3. The van der Waals surface area contributed by atoms with Gasteiger partial charge in [0.2, 0.25) is 0 Å². The third-order valence-corrected chi connectivity index (χ3v) is 4.15. The number of rotatable bonds is 3. The molecular weight excluding hydrogens is 226 g/mol. The molecule has 0 amide bonds. The largest absolute Gasteiger partial charge is 0.323 e. The van der Waals surface area contributed by atoms with Gasteiger partial charge in [0, 0.05) is 28.2 Å². The van der Waals surface area contributed by atoms with Gasteiger partial charge in [-0.25, -0.2) is 9.97 Å². The van der Waals surface area contributed by atoms with E-state index in [2.05, 4.69) is 15.3 Å². The van der Waals surface area contributed by atoms with Crippen LogP contribution in [0.1, 0.15) is 33.6 Å². The van der Waals surface area contributed by atoms with Crippen molar-refractivity contribution < 1.29 is 0 Å². The first-order valence-corrected chi connectivity index (χ1v) is 6.46. The second-order valence-electron chi connectivity index (χ2n) is 3.50. The Kier molecular flexibility index (Phi) is 3.14. The van der Waals surface area contributed by atoms with Gasteiger partial charge in [-0.05, 0) is 13.8 Å². The molecule has 0 radical (unpaired) electrons. The van der Waals surface area contributed by atoms with Crippen molar-refractivity contribution in [3.05, 3.63) is 32.2 Å². The van der Waals surface area contributed by atoms with Crippen molar-refractivity contribution in [3.63, 3.8) is 0 Å². The normalized spacial score (nSPS) is 13.0. The Morgan fingerprint density at radius 3 is 2.80 bits per heavy atom. The third kappa shape index (κ3) is 2.62. The molecule has 2 aromatic heterocycles. The Balaban J connectivity index is 2.11. The minimum Gasteiger partial charge on any atom is -0.323 e. The number of aromatic nitrogens is 2. The summed E-state index contributed by atoms with van der Waals surface area (Å²) in [4.78, 5) is 9.90. The van der Waals surface area contributed by atoms with Crippen molar-refractivity contribution in [2.75, 3.05) is 0 Å². The van der Waals surface area contributed by atoms with Gasteiger partial charge in [-0.3, -0.25) is 0 Å². The van der Waals surface area contributed by atoms with Gasteiger partial charge in [-0.15, -0.1) is 22.7 Å². The van der Waals surface area contributed by atoms with Crippen LogP contribution in [0.4, 0.5) is 0 Å². The maximum Gasteiger partial charge on any atom is 0.0996 e. The van der Waals surface area contributed by atoms with Crippen molar-refractivity contribution in [1.29, 1.82) is 0 Å². The van der Waals surface area contributed by atoms with Crippen molar-refractivity contribution in [2.24, 2.45) is 5.73 Å². The van der Waals surface area contributed by atoms with Crippen molar-refractivity contribution >= 4 is 22.7 Å². The number of thiazole rings is 2. The molecule has 0 aromatic carbocycles. The van der Waals surface area contributed by atoms with Gasteiger partial charge >= 0.3 is 0 Å². The van der Waals surface area contributed by atoms with E-state index in [1.165, 1.54) is 0 Å². The van der Waals surface area contributed by atoms with Gasteiger partial charge in [0.1, 0.15) is 0 Å². The number of aryl methyl sites for hydroxylation is 1. The fraction of sp³-hybridized carbons (Fsp3) is 0.400. The van der Waals surface area contributed by atoms with Crippen molar-refractivity contribution in [3.8, 4) is 0 Å². The fourth-order valence-corrected chi connectivity index (χ4v) is 2.97. The maximum absolute atomic E-state index is 5.78. The number of hydrogen-bond donors (Lipinski definition) is 1. The molecule has 80 valence electrons. The van der Waals surface area contributed by atoms with Gasteiger partial charge in [0.15, 0.2) is 0 Å². The number of hydrogen-bond acceptors (Lipinski definition) is 5. The lowest BCUT2D eigenvalue weighted by Gasteiger charge is -1.96. The Hall–Kier alpha value is -0.780. The molecule has 2 aromatic rings. The van der Waals surface area contributed by atoms with E-state index in [1.54, 1.807) is 22.7 Å². The van der Waals surface area contributed by atoms with Gasteiger partial charge < -0.3 is 5.73 Å². The Bertz CT molecular complexity index is 445. The first kappa shape index (κ1) is 10.7. The van der Waals surface area contributed by atoms with Crippen LogP contribution in [0.25, 0.3) is 0 Å². The van der Waals surface area contributed by atoms with Crippen LogP contribution in [0.2, 0.25) is 0 Å². The second-order valence-corrected chi connectivity index (χ2v) is 5.59. The summed E-state index contributed by atoms with van der Waals surface area (Å²) in [5, 5.41) is 4.28. The molecule has 2 rings (SSSR count). The molecule has 0 fully saturated rings. The van der Waals surface area contributed by atoms with Crippen molar-refractivity contribution in [1.82, 2.24) is 9.97 Å². The molecule has 2 N–H and O–H groups in total. The highest BCUT2D eigenvalue weighted by Gasteiger charge is 2.08. The van der Waals surface area contributed by atoms with E-state index >= 15 is 0 Å². The summed E-state index contributed by atoms with van der Waals surface area (Å²) in [5.74, 6) is 0. The first-order chi connectivity index (χ1) is 7.15. The quantitative estimate of drug-likeness (QED) is 0.895. The number of nitrogens with zero attached hydrogens (tertiary/aromatic N) is 2. The van der Waals surface area contributed by atoms with E-state index in [0.29, 0.717) is 0 Å². The summed E-state index contributed by atoms with van der Waals surface area (Å²) in [6.45, 7) is 3.99. The van der Waals surface area contributed by atoms with Crippen LogP contribution in [0, 0.1) is 6.92 Å². The first-order valence-electron chi connectivity index (χ1n) is 4.76. The highest BCUT2D eigenvalue weighted by molar-refractivity contribution is 7.12. The average molecular weight is 239 g/mol. The minimum atomic E-state index is 0.0780. The molecule has 0 aliphatic rings. The van der Waals surface area contributed by atoms with Crippen LogP contribution >= 0.6 is 22.7 Å². The van der Waals surface area contributed by atoms with Crippen LogP contribution in [0.3, 0.4) is 0 Å². The van der Waals surface area contributed by atoms with E-state index in [4.69, 9.17) is 5.73 Å². The molecule has 0 saturated carbocycles. The van der Waals surface area contributed by atoms with E-state index < -0.39 is 0 Å². The predicted octanol–water partition coefficient (Wildman–Crippen LogP) is 2.52. The Morgan fingerprint density at radius 2 is 2.27 bits per heavy atom. The molecule has 1 unspecified atom stereocenters. The monoisotopic (exact) mass is 239 g/mol. The third-order valence-electron chi connectivity index (χ3n) is 1.99. The zero-order valence-corrected chi connectivity index (χ0v) is 10.4. The molecule has 5 heteroatoms. The second kappa shape index (κ2) is 4.38. The zero-order valence-electron chi connectivity index (χ0n) is 8.73. The summed E-state index contributed by atoms with van der Waals surface area (Å²) in [6, 6.07) is 0.0780. The summed E-state index contributed by atoms with van der Waals surface area (Å²) in [7, 11) is 0. The minimum absolute atomic E-state index is 0.0780. The number of nitrogens with two attached hydrogens (primary N) is 1. The molecular formula is C10H13N3S2. The lowest BCUT2D eigenvalue weighted by molar-refractivity contribution is 0.835. The molecule has 1 atom stereocenters. The van der Waals surface area contributed by atoms with Crippen LogP contribution < -0.4 is 5.73 Å². The molecule has 3 nitrogen and oxygen atoms in total. The smallest absolute Gasteiger partial charge is 0.0996 e. The molecule has 15 heavy (non-hydrogen) atoms. The topological polar surface area (TPSA) is 51.8 Å². The molecule has 0 saturated heterocycles. The summed E-state index contributed by atoms with van der Waals surface area (Å²) < 4.78 is 0. The lowest BCUT2D eigenvalue weighted by atomic mass is 10.3. The van der Waals surface area contributed by atoms with Gasteiger partial charge in [-0.1, -0.05) is 0 Å². The summed E-state index contributed by atoms with van der Waals surface area (Å²) in [5.41, 5.74) is 6.86.